The van der Waals surface area contributed by atoms with Crippen molar-refractivity contribution < 1.29 is 23.5 Å². The van der Waals surface area contributed by atoms with Crippen LogP contribution in [0.2, 0.25) is 0 Å². The number of rotatable bonds is 8. The van der Waals surface area contributed by atoms with Crippen molar-refractivity contribution in [2.75, 3.05) is 11.9 Å². The van der Waals surface area contributed by atoms with Gasteiger partial charge in [0.15, 0.2) is 11.4 Å². The van der Waals surface area contributed by atoms with Gasteiger partial charge in [-0.25, -0.2) is 13.8 Å². The maximum absolute atomic E-state index is 13.2. The Morgan fingerprint density at radius 3 is 2.61 bits per heavy atom. The number of halogens is 2. The van der Waals surface area contributed by atoms with Crippen LogP contribution < -0.4 is 10.6 Å². The van der Waals surface area contributed by atoms with E-state index in [1.165, 1.54) is 18.2 Å². The maximum atomic E-state index is 13.2. The molecule has 1 amide bonds. The van der Waals surface area contributed by atoms with Gasteiger partial charge >= 0.3 is 0 Å². The highest BCUT2D eigenvalue weighted by Gasteiger charge is 2.25. The van der Waals surface area contributed by atoms with Crippen LogP contribution in [0.15, 0.2) is 60.9 Å². The van der Waals surface area contributed by atoms with Gasteiger partial charge in [0.25, 0.3) is 12.3 Å². The first kappa shape index (κ1) is 23.5. The number of hydrogen-bond acceptors (Lipinski definition) is 5. The van der Waals surface area contributed by atoms with Crippen LogP contribution in [0.5, 0.6) is 5.75 Å². The van der Waals surface area contributed by atoms with Crippen molar-refractivity contribution >= 4 is 23.0 Å². The van der Waals surface area contributed by atoms with Crippen molar-refractivity contribution in [2.24, 2.45) is 0 Å². The van der Waals surface area contributed by atoms with Gasteiger partial charge in [-0.2, -0.15) is 0 Å². The van der Waals surface area contributed by atoms with Gasteiger partial charge in [0.2, 0.25) is 0 Å². The predicted molar refractivity (Wildman–Crippen MR) is 132 cm³/mol. The van der Waals surface area contributed by atoms with Gasteiger partial charge in [-0.15, -0.1) is 0 Å². The number of nitrogens with zero attached hydrogens (tertiary/aromatic N) is 2. The van der Waals surface area contributed by atoms with E-state index in [1.54, 1.807) is 41.1 Å². The maximum Gasteiger partial charge on any atom is 0.255 e. The number of aromatic hydroxyl groups is 1. The minimum atomic E-state index is -2.60. The fourth-order valence-corrected chi connectivity index (χ4v) is 4.13. The van der Waals surface area contributed by atoms with Crippen LogP contribution in [-0.4, -0.2) is 45.2 Å². The van der Waals surface area contributed by atoms with Gasteiger partial charge in [-0.1, -0.05) is 18.2 Å². The summed E-state index contributed by atoms with van der Waals surface area (Å²) in [4.78, 5) is 30.2. The molecule has 2 aromatic carbocycles. The Hall–Kier alpha value is -4.27. The molecule has 0 spiro atoms. The fourth-order valence-electron chi connectivity index (χ4n) is 4.13. The average molecular weight is 491 g/mol. The van der Waals surface area contributed by atoms with E-state index in [9.17, 15) is 23.5 Å². The van der Waals surface area contributed by atoms with E-state index in [2.05, 4.69) is 15.6 Å². The van der Waals surface area contributed by atoms with Gasteiger partial charge in [0, 0.05) is 28.9 Å². The third-order valence-corrected chi connectivity index (χ3v) is 6.14. The van der Waals surface area contributed by atoms with E-state index < -0.39 is 18.8 Å². The molecule has 0 atom stereocenters. The zero-order chi connectivity index (χ0) is 25.4. The van der Waals surface area contributed by atoms with Crippen LogP contribution >= 0.6 is 0 Å². The number of aryl methyl sites for hydroxylation is 1. The lowest BCUT2D eigenvalue weighted by atomic mass is 10.0. The normalized spacial score (nSPS) is 13.2. The minimum absolute atomic E-state index is 0.0974. The molecule has 1 fully saturated rings. The Bertz CT molecular complexity index is 1480. The molecule has 0 aliphatic heterocycles. The molecule has 5 rings (SSSR count). The summed E-state index contributed by atoms with van der Waals surface area (Å²) < 4.78 is 27.6. The number of amides is 1. The highest BCUT2D eigenvalue weighted by Crippen LogP contribution is 2.30. The summed E-state index contributed by atoms with van der Waals surface area (Å²) in [5.41, 5.74) is 3.64. The molecule has 0 unspecified atom stereocenters. The second-order valence-electron chi connectivity index (χ2n) is 8.88. The topological polar surface area (TPSA) is 95.7 Å². The standard InChI is InChI=1S/C27H24F2N4O3/c1-15-10-16(6-9-19(15)27(36)32-18-7-8-18)22-12-31-26-21(30-13-24(28)29)11-17(14-33(22)26)25(35)20-4-2-3-5-23(20)34/h2-6,9-12,14,18,24,30,34H,7-8,13H2,1H3,(H,32,36). The zero-order valence-corrected chi connectivity index (χ0v) is 19.5. The molecule has 2 aromatic heterocycles. The van der Waals surface area contributed by atoms with Gasteiger partial charge < -0.3 is 15.7 Å². The number of fused-ring (bicyclic) bond motifs is 1. The number of benzene rings is 2. The van der Waals surface area contributed by atoms with Crippen LogP contribution in [0.1, 0.15) is 44.7 Å². The highest BCUT2D eigenvalue weighted by molar-refractivity contribution is 6.11. The number of imidazole rings is 1. The van der Waals surface area contributed by atoms with Crippen molar-refractivity contribution in [1.82, 2.24) is 14.7 Å². The van der Waals surface area contributed by atoms with E-state index in [1.807, 2.05) is 13.0 Å². The monoisotopic (exact) mass is 490 g/mol. The minimum Gasteiger partial charge on any atom is -0.507 e. The number of para-hydroxylation sites is 1. The molecular formula is C27H24F2N4O3. The third kappa shape index (κ3) is 4.64. The molecule has 7 nitrogen and oxygen atoms in total. The second-order valence-corrected chi connectivity index (χ2v) is 8.88. The van der Waals surface area contributed by atoms with Crippen molar-refractivity contribution in [3.63, 3.8) is 0 Å². The summed E-state index contributed by atoms with van der Waals surface area (Å²) >= 11 is 0. The lowest BCUT2D eigenvalue weighted by Crippen LogP contribution is -2.26. The molecular weight excluding hydrogens is 466 g/mol. The predicted octanol–water partition coefficient (Wildman–Crippen LogP) is 4.82. The SMILES string of the molecule is Cc1cc(-c2cnc3c(NCC(F)F)cc(C(=O)c4ccccc4O)cn23)ccc1C(=O)NC1CC1. The van der Waals surface area contributed by atoms with Gasteiger partial charge in [0.1, 0.15) is 5.75 Å². The number of ketones is 1. The summed E-state index contributed by atoms with van der Waals surface area (Å²) in [5, 5.41) is 15.8. The first-order valence-electron chi connectivity index (χ1n) is 11.6. The molecule has 1 saturated carbocycles. The van der Waals surface area contributed by atoms with Crippen LogP contribution in [0.25, 0.3) is 16.9 Å². The van der Waals surface area contributed by atoms with Crippen LogP contribution in [0.4, 0.5) is 14.5 Å². The van der Waals surface area contributed by atoms with E-state index in [4.69, 9.17) is 0 Å². The quantitative estimate of drug-likeness (QED) is 0.308. The van der Waals surface area contributed by atoms with Crippen LogP contribution in [-0.2, 0) is 0 Å². The van der Waals surface area contributed by atoms with E-state index in [-0.39, 0.29) is 34.5 Å². The molecule has 9 heteroatoms. The zero-order valence-electron chi connectivity index (χ0n) is 19.5. The number of nitrogens with one attached hydrogen (secondary N) is 2. The number of carbonyl (C=O) groups is 2. The van der Waals surface area contributed by atoms with Gasteiger partial charge in [0.05, 0.1) is 29.7 Å². The van der Waals surface area contributed by atoms with Gasteiger partial charge in [-0.05, 0) is 55.7 Å². The molecule has 1 aliphatic rings. The smallest absolute Gasteiger partial charge is 0.255 e. The number of carbonyl (C=O) groups excluding carboxylic acids is 2. The molecule has 1 aliphatic carbocycles. The van der Waals surface area contributed by atoms with E-state index >= 15 is 0 Å². The molecule has 0 bridgehead atoms. The number of pyridine rings is 1. The summed E-state index contributed by atoms with van der Waals surface area (Å²) in [6, 6.07) is 13.2. The second kappa shape index (κ2) is 9.41. The lowest BCUT2D eigenvalue weighted by molar-refractivity contribution is 0.0949. The Balaban J connectivity index is 1.58. The molecule has 36 heavy (non-hydrogen) atoms. The molecule has 4 aromatic rings. The van der Waals surface area contributed by atoms with Crippen molar-refractivity contribution in [2.45, 2.75) is 32.2 Å². The summed E-state index contributed by atoms with van der Waals surface area (Å²) in [6.45, 7) is 1.23. The van der Waals surface area contributed by atoms with Crippen molar-refractivity contribution in [3.05, 3.63) is 83.2 Å². The van der Waals surface area contributed by atoms with Crippen molar-refractivity contribution in [3.8, 4) is 17.0 Å². The van der Waals surface area contributed by atoms with Crippen LogP contribution in [0.3, 0.4) is 0 Å². The van der Waals surface area contributed by atoms with Gasteiger partial charge in [-0.3, -0.25) is 14.0 Å². The lowest BCUT2D eigenvalue weighted by Gasteiger charge is -2.13. The molecule has 3 N–H and O–H groups in total. The third-order valence-electron chi connectivity index (χ3n) is 6.14. The van der Waals surface area contributed by atoms with Crippen LogP contribution in [0, 0.1) is 6.92 Å². The molecule has 0 radical (unpaired) electrons. The fraction of sp³-hybridized carbons (Fsp3) is 0.222. The summed E-state index contributed by atoms with van der Waals surface area (Å²) in [5.74, 6) is -0.752. The molecule has 0 saturated heterocycles. The highest BCUT2D eigenvalue weighted by atomic mass is 19.3. The Kier molecular flexibility index (Phi) is 6.13. The number of phenols is 1. The number of aromatic nitrogens is 2. The summed E-state index contributed by atoms with van der Waals surface area (Å²) in [7, 11) is 0. The average Bonchev–Trinajstić information content (AvgIpc) is 3.56. The number of anilines is 1. The number of hydrogen-bond donors (Lipinski definition) is 3. The first-order valence-corrected chi connectivity index (χ1v) is 11.6. The number of alkyl halides is 2. The first-order chi connectivity index (χ1) is 17.3. The largest absolute Gasteiger partial charge is 0.507 e. The van der Waals surface area contributed by atoms with Crippen molar-refractivity contribution in [1.29, 1.82) is 0 Å². The Morgan fingerprint density at radius 1 is 1.14 bits per heavy atom. The Labute approximate surface area is 205 Å². The molecule has 184 valence electrons. The number of phenolic OH excluding ortho intramolecular Hbond substituents is 1. The Morgan fingerprint density at radius 2 is 1.92 bits per heavy atom. The van der Waals surface area contributed by atoms with E-state index in [0.717, 1.165) is 24.0 Å². The summed E-state index contributed by atoms with van der Waals surface area (Å²) in [6.07, 6.45) is 2.55. The molecule has 2 heterocycles. The van der Waals surface area contributed by atoms with E-state index in [0.29, 0.717) is 16.9 Å².